The zero-order chi connectivity index (χ0) is 20.8. The number of terminal acetylenes is 2. The quantitative estimate of drug-likeness (QED) is 0.344. The van der Waals surface area contributed by atoms with Gasteiger partial charge in [0.25, 0.3) is 0 Å². The van der Waals surface area contributed by atoms with Crippen LogP contribution < -0.4 is 29.1 Å². The predicted octanol–water partition coefficient (Wildman–Crippen LogP) is 3.12. The predicted molar refractivity (Wildman–Crippen MR) is 127 cm³/mol. The number of hydrogen-bond donors (Lipinski definition) is 1. The zero-order valence-electron chi connectivity index (χ0n) is 17.8. The van der Waals surface area contributed by atoms with Gasteiger partial charge in [0.15, 0.2) is 0 Å². The Bertz CT molecular complexity index is 617. The van der Waals surface area contributed by atoms with E-state index in [1.165, 1.54) is 6.42 Å². The van der Waals surface area contributed by atoms with Gasteiger partial charge in [-0.25, -0.2) is 0 Å². The summed E-state index contributed by atoms with van der Waals surface area (Å²) < 4.78 is 0. The van der Waals surface area contributed by atoms with E-state index in [9.17, 15) is 0 Å². The van der Waals surface area contributed by atoms with Gasteiger partial charge >= 0.3 is 18.9 Å². The van der Waals surface area contributed by atoms with Gasteiger partial charge in [0, 0.05) is 25.5 Å². The van der Waals surface area contributed by atoms with Crippen LogP contribution in [0, 0.1) is 31.6 Å². The van der Waals surface area contributed by atoms with Crippen molar-refractivity contribution in [3.63, 3.8) is 0 Å². The molecule has 4 heteroatoms. The van der Waals surface area contributed by atoms with Gasteiger partial charge in [-0.05, 0) is 24.3 Å². The van der Waals surface area contributed by atoms with Crippen LogP contribution in [0.1, 0.15) is 19.8 Å². The van der Waals surface area contributed by atoms with Crippen LogP contribution in [0.2, 0.25) is 0 Å². The van der Waals surface area contributed by atoms with Gasteiger partial charge in [-0.1, -0.05) is 77.5 Å². The zero-order valence-corrected chi connectivity index (χ0v) is 19.4. The fourth-order valence-corrected chi connectivity index (χ4v) is 1.52. The summed E-state index contributed by atoms with van der Waals surface area (Å²) in [6, 6.07) is 20.1. The molecule has 0 saturated heterocycles. The van der Waals surface area contributed by atoms with E-state index in [0.717, 1.165) is 17.8 Å². The monoisotopic (exact) mass is 434 g/mol. The fourth-order valence-electron chi connectivity index (χ4n) is 1.52. The molecule has 0 amide bonds. The Morgan fingerprint density at radius 3 is 1.71 bits per heavy atom. The van der Waals surface area contributed by atoms with Gasteiger partial charge in [-0.2, -0.15) is 6.42 Å². The Kier molecular flexibility index (Phi) is 27.9. The second-order valence-corrected chi connectivity index (χ2v) is 5.76. The molecular formula is C24H32BrLiN2. The maximum Gasteiger partial charge on any atom is 1.00 e. The molecule has 0 fully saturated rings. The molecule has 146 valence electrons. The van der Waals surface area contributed by atoms with Crippen molar-refractivity contribution in [1.82, 2.24) is 0 Å². The maximum atomic E-state index is 5.18. The topological polar surface area (TPSA) is 15.3 Å². The van der Waals surface area contributed by atoms with Gasteiger partial charge < -0.3 is 17.1 Å². The Balaban J connectivity index is -0.000000324. The van der Waals surface area contributed by atoms with Crippen LogP contribution in [0.5, 0.6) is 0 Å². The van der Waals surface area contributed by atoms with Crippen LogP contribution >= 0.6 is 15.9 Å². The van der Waals surface area contributed by atoms with Gasteiger partial charge in [0.1, 0.15) is 0 Å². The molecule has 0 unspecified atom stereocenters. The van der Waals surface area contributed by atoms with Gasteiger partial charge in [-0.3, -0.25) is 0 Å². The molecule has 1 N–H and O–H groups in total. The van der Waals surface area contributed by atoms with Crippen molar-refractivity contribution in [1.29, 1.82) is 0 Å². The number of halogens is 1. The second-order valence-electron chi connectivity index (χ2n) is 5.20. The van der Waals surface area contributed by atoms with Crippen molar-refractivity contribution in [2.24, 2.45) is 0 Å². The van der Waals surface area contributed by atoms with Gasteiger partial charge in [0.2, 0.25) is 0 Å². The molecule has 0 aliphatic carbocycles. The Labute approximate surface area is 193 Å². The van der Waals surface area contributed by atoms with Crippen LogP contribution in [0.25, 0.3) is 0 Å². The minimum Gasteiger partial charge on any atom is -0.388 e. The van der Waals surface area contributed by atoms with Crippen molar-refractivity contribution in [2.75, 3.05) is 36.2 Å². The summed E-state index contributed by atoms with van der Waals surface area (Å²) in [6.45, 7) is 6.38. The van der Waals surface area contributed by atoms with Crippen molar-refractivity contribution < 1.29 is 18.9 Å². The first-order chi connectivity index (χ1) is 13.1. The smallest absolute Gasteiger partial charge is 0.388 e. The van der Waals surface area contributed by atoms with E-state index in [4.69, 9.17) is 12.8 Å². The third-order valence-corrected chi connectivity index (χ3v) is 3.34. The summed E-state index contributed by atoms with van der Waals surface area (Å²) in [5, 5.41) is 3.69. The molecule has 2 aromatic carbocycles. The van der Waals surface area contributed by atoms with Crippen molar-refractivity contribution in [3.05, 3.63) is 67.6 Å². The standard InChI is InChI=1S/C10H11N.C7H9N.C4H9.C3H3Br.Li/c1-3-9-11(2)10-7-5-4-6-8-10;1-8-7-5-3-2-4-6-7;1-3-4-2;1-2-3-4;/h1,4-8H,9H2,2H3;2-6,8H,1H3;1,3-4H2,2H3;1H,3H2;/q;;-1;;+1. The number of para-hydroxylation sites is 2. The number of hydrogen-bond acceptors (Lipinski definition) is 2. The summed E-state index contributed by atoms with van der Waals surface area (Å²) in [5.74, 6) is 4.94. The molecule has 0 atom stereocenters. The summed E-state index contributed by atoms with van der Waals surface area (Å²) in [6.07, 6.45) is 12.2. The third kappa shape index (κ3) is 20.5. The first kappa shape index (κ1) is 30.9. The largest absolute Gasteiger partial charge is 1.00 e. The van der Waals surface area contributed by atoms with Crippen LogP contribution in [0.4, 0.5) is 11.4 Å². The van der Waals surface area contributed by atoms with Crippen molar-refractivity contribution in [3.8, 4) is 24.7 Å². The first-order valence-electron chi connectivity index (χ1n) is 8.82. The van der Waals surface area contributed by atoms with E-state index in [-0.39, 0.29) is 18.9 Å². The molecule has 0 aliphatic rings. The molecule has 2 nitrogen and oxygen atoms in total. The molecule has 2 aromatic rings. The summed E-state index contributed by atoms with van der Waals surface area (Å²) in [5.41, 5.74) is 2.32. The molecule has 0 spiro atoms. The SMILES string of the molecule is C#CCBr.C#CCN(C)c1ccccc1.CNc1ccccc1.[CH2-]CCC.[Li+]. The molecule has 0 saturated carbocycles. The molecule has 0 heterocycles. The molecule has 0 bridgehead atoms. The van der Waals surface area contributed by atoms with Gasteiger partial charge in [0.05, 0.1) is 11.9 Å². The minimum atomic E-state index is 0. The summed E-state index contributed by atoms with van der Waals surface area (Å²) in [4.78, 5) is 2.03. The van der Waals surface area contributed by atoms with E-state index < -0.39 is 0 Å². The van der Waals surface area contributed by atoms with E-state index in [1.54, 1.807) is 0 Å². The molecule has 2 rings (SSSR count). The van der Waals surface area contributed by atoms with Crippen LogP contribution in [0.3, 0.4) is 0 Å². The molecule has 28 heavy (non-hydrogen) atoms. The summed E-state index contributed by atoms with van der Waals surface area (Å²) in [7, 11) is 3.89. The second kappa shape index (κ2) is 25.2. The Hall–Kier alpha value is -1.76. The van der Waals surface area contributed by atoms with Crippen LogP contribution in [-0.4, -0.2) is 26.0 Å². The average molecular weight is 435 g/mol. The molecule has 0 radical (unpaired) electrons. The number of nitrogens with one attached hydrogen (secondary N) is 1. The third-order valence-electron chi connectivity index (χ3n) is 3.02. The number of benzene rings is 2. The van der Waals surface area contributed by atoms with E-state index in [0.29, 0.717) is 11.9 Å². The Morgan fingerprint density at radius 2 is 1.43 bits per heavy atom. The summed E-state index contributed by atoms with van der Waals surface area (Å²) >= 11 is 3.01. The first-order valence-corrected chi connectivity index (χ1v) is 9.94. The van der Waals surface area contributed by atoms with E-state index >= 15 is 0 Å². The van der Waals surface area contributed by atoms with Crippen LogP contribution in [-0.2, 0) is 0 Å². The van der Waals surface area contributed by atoms with Gasteiger partial charge in [-0.15, -0.1) is 12.8 Å². The number of nitrogens with zero attached hydrogens (tertiary/aromatic N) is 1. The molecule has 0 aromatic heterocycles. The van der Waals surface area contributed by atoms with Crippen LogP contribution in [0.15, 0.2) is 60.7 Å². The molecular weight excluding hydrogens is 403 g/mol. The van der Waals surface area contributed by atoms with E-state index in [2.05, 4.69) is 46.9 Å². The minimum absolute atomic E-state index is 0. The Morgan fingerprint density at radius 1 is 1.00 bits per heavy atom. The maximum absolute atomic E-state index is 5.18. The molecule has 0 aliphatic heterocycles. The van der Waals surface area contributed by atoms with Crippen molar-refractivity contribution in [2.45, 2.75) is 19.8 Å². The van der Waals surface area contributed by atoms with E-state index in [1.807, 2.05) is 79.7 Å². The number of unbranched alkanes of at least 4 members (excludes halogenated alkanes) is 1. The normalized spacial score (nSPS) is 7.68. The average Bonchev–Trinajstić information content (AvgIpc) is 2.76. The fraction of sp³-hybridized carbons (Fsp3) is 0.292. The number of anilines is 2. The van der Waals surface area contributed by atoms with Crippen molar-refractivity contribution >= 4 is 27.3 Å². The number of alkyl halides is 1. The number of rotatable bonds is 4.